The number of nitrogens with zero attached hydrogens (tertiary/aromatic N) is 3. The van der Waals surface area contributed by atoms with Crippen molar-refractivity contribution >= 4 is 17.6 Å². The van der Waals surface area contributed by atoms with E-state index in [0.717, 1.165) is 17.1 Å². The molecule has 2 heterocycles. The molecule has 0 aliphatic carbocycles. The Balaban J connectivity index is 2.35. The maximum absolute atomic E-state index is 11.8. The molecule has 2 rings (SSSR count). The van der Waals surface area contributed by atoms with Crippen LogP contribution in [0.4, 0.5) is 5.69 Å². The molecule has 0 spiro atoms. The number of aliphatic carboxylic acids is 1. The highest BCUT2D eigenvalue weighted by atomic mass is 16.4. The average Bonchev–Trinajstić information content (AvgIpc) is 2.70. The summed E-state index contributed by atoms with van der Waals surface area (Å²) in [6.07, 6.45) is 0.0725. The van der Waals surface area contributed by atoms with E-state index >= 15 is 0 Å². The first-order valence-corrected chi connectivity index (χ1v) is 5.45. The van der Waals surface area contributed by atoms with Crippen LogP contribution in [0.2, 0.25) is 0 Å². The SMILES string of the molecule is Cc1nn(C)c(C)c1N1C[C@H](C(=O)O)CC1=O. The summed E-state index contributed by atoms with van der Waals surface area (Å²) < 4.78 is 1.70. The van der Waals surface area contributed by atoms with Crippen LogP contribution in [0.25, 0.3) is 0 Å². The van der Waals surface area contributed by atoms with Crippen molar-refractivity contribution in [3.8, 4) is 0 Å². The van der Waals surface area contributed by atoms with Gasteiger partial charge in [-0.2, -0.15) is 5.10 Å². The van der Waals surface area contributed by atoms with E-state index in [1.165, 1.54) is 4.90 Å². The monoisotopic (exact) mass is 237 g/mol. The van der Waals surface area contributed by atoms with Crippen LogP contribution in [0.3, 0.4) is 0 Å². The lowest BCUT2D eigenvalue weighted by Gasteiger charge is -2.16. The molecule has 1 aromatic rings. The van der Waals surface area contributed by atoms with E-state index in [2.05, 4.69) is 5.10 Å². The number of aromatic nitrogens is 2. The summed E-state index contributed by atoms with van der Waals surface area (Å²) in [5.41, 5.74) is 2.38. The number of amides is 1. The zero-order chi connectivity index (χ0) is 12.7. The van der Waals surface area contributed by atoms with E-state index in [0.29, 0.717) is 0 Å². The van der Waals surface area contributed by atoms with E-state index in [9.17, 15) is 9.59 Å². The van der Waals surface area contributed by atoms with Gasteiger partial charge < -0.3 is 10.0 Å². The fraction of sp³-hybridized carbons (Fsp3) is 0.545. The summed E-state index contributed by atoms with van der Waals surface area (Å²) in [5.74, 6) is -1.67. The van der Waals surface area contributed by atoms with Gasteiger partial charge in [0, 0.05) is 20.0 Å². The van der Waals surface area contributed by atoms with E-state index in [1.807, 2.05) is 13.8 Å². The molecule has 1 amide bonds. The molecule has 1 atom stereocenters. The first-order chi connectivity index (χ1) is 7.91. The molecule has 1 N–H and O–H groups in total. The Morgan fingerprint density at radius 3 is 2.53 bits per heavy atom. The Labute approximate surface area is 98.8 Å². The van der Waals surface area contributed by atoms with Gasteiger partial charge in [-0.3, -0.25) is 14.3 Å². The highest BCUT2D eigenvalue weighted by molar-refractivity contribution is 6.00. The molecular formula is C11H15N3O3. The van der Waals surface area contributed by atoms with Crippen molar-refractivity contribution in [1.29, 1.82) is 0 Å². The van der Waals surface area contributed by atoms with Gasteiger partial charge in [0.25, 0.3) is 0 Å². The standard InChI is InChI=1S/C11H15N3O3/c1-6-10(7(2)13(3)12-6)14-5-8(11(16)17)4-9(14)15/h8H,4-5H2,1-3H3,(H,16,17)/t8-/m1/s1. The van der Waals surface area contributed by atoms with Crippen molar-refractivity contribution in [2.45, 2.75) is 20.3 Å². The molecule has 1 aliphatic heterocycles. The molecule has 6 heteroatoms. The molecule has 1 aliphatic rings. The third-order valence-corrected chi connectivity index (χ3v) is 3.22. The second-order valence-corrected chi connectivity index (χ2v) is 4.39. The smallest absolute Gasteiger partial charge is 0.308 e. The number of aryl methyl sites for hydroxylation is 2. The second kappa shape index (κ2) is 3.87. The van der Waals surface area contributed by atoms with Gasteiger partial charge in [0.05, 0.1) is 23.0 Å². The van der Waals surface area contributed by atoms with Crippen molar-refractivity contribution in [3.63, 3.8) is 0 Å². The summed E-state index contributed by atoms with van der Waals surface area (Å²) >= 11 is 0. The Kier molecular flexibility index (Phi) is 2.65. The van der Waals surface area contributed by atoms with Gasteiger partial charge in [-0.15, -0.1) is 0 Å². The van der Waals surface area contributed by atoms with Crippen LogP contribution >= 0.6 is 0 Å². The fourth-order valence-corrected chi connectivity index (χ4v) is 2.24. The molecule has 0 unspecified atom stereocenters. The van der Waals surface area contributed by atoms with Crippen LogP contribution in [-0.4, -0.2) is 33.3 Å². The fourth-order valence-electron chi connectivity index (χ4n) is 2.24. The number of carbonyl (C=O) groups excluding carboxylic acids is 1. The first-order valence-electron chi connectivity index (χ1n) is 5.45. The lowest BCUT2D eigenvalue weighted by molar-refractivity contribution is -0.141. The topological polar surface area (TPSA) is 75.4 Å². The van der Waals surface area contributed by atoms with E-state index in [-0.39, 0.29) is 18.9 Å². The zero-order valence-electron chi connectivity index (χ0n) is 10.1. The predicted octanol–water partition coefficient (Wildman–Crippen LogP) is 0.474. The van der Waals surface area contributed by atoms with E-state index < -0.39 is 11.9 Å². The van der Waals surface area contributed by atoms with E-state index in [4.69, 9.17) is 5.11 Å². The predicted molar refractivity (Wildman–Crippen MR) is 60.8 cm³/mol. The Hall–Kier alpha value is -1.85. The number of carboxylic acid groups (broad SMARTS) is 1. The highest BCUT2D eigenvalue weighted by Crippen LogP contribution is 2.30. The normalized spacial score (nSPS) is 20.1. The quantitative estimate of drug-likeness (QED) is 0.811. The molecule has 0 radical (unpaired) electrons. The lowest BCUT2D eigenvalue weighted by Crippen LogP contribution is -2.26. The minimum absolute atomic E-state index is 0.0725. The Bertz CT molecular complexity index is 492. The van der Waals surface area contributed by atoms with Crippen LogP contribution < -0.4 is 4.90 Å². The third-order valence-electron chi connectivity index (χ3n) is 3.22. The summed E-state index contributed by atoms with van der Waals surface area (Å²) in [6, 6.07) is 0. The van der Waals surface area contributed by atoms with Crippen molar-refractivity contribution in [2.75, 3.05) is 11.4 Å². The van der Waals surface area contributed by atoms with Crippen LogP contribution in [0, 0.1) is 19.8 Å². The highest BCUT2D eigenvalue weighted by Gasteiger charge is 2.37. The molecule has 1 aromatic heterocycles. The van der Waals surface area contributed by atoms with E-state index in [1.54, 1.807) is 11.7 Å². The number of carbonyl (C=O) groups is 2. The summed E-state index contributed by atoms with van der Waals surface area (Å²) in [7, 11) is 1.81. The molecule has 1 fully saturated rings. The molecule has 1 saturated heterocycles. The number of hydrogen-bond acceptors (Lipinski definition) is 3. The summed E-state index contributed by atoms with van der Waals surface area (Å²) in [4.78, 5) is 24.3. The average molecular weight is 237 g/mol. The summed E-state index contributed by atoms with van der Waals surface area (Å²) in [5, 5.41) is 13.2. The molecule has 0 bridgehead atoms. The largest absolute Gasteiger partial charge is 0.481 e. The van der Waals surface area contributed by atoms with Gasteiger partial charge in [-0.25, -0.2) is 0 Å². The molecule has 0 saturated carbocycles. The first kappa shape index (κ1) is 11.6. The molecule has 6 nitrogen and oxygen atoms in total. The molecule has 0 aromatic carbocycles. The molecule has 92 valence electrons. The number of anilines is 1. The van der Waals surface area contributed by atoms with Crippen molar-refractivity contribution in [3.05, 3.63) is 11.4 Å². The van der Waals surface area contributed by atoms with Gasteiger partial charge in [0.1, 0.15) is 0 Å². The van der Waals surface area contributed by atoms with Gasteiger partial charge in [-0.1, -0.05) is 0 Å². The Morgan fingerprint density at radius 1 is 1.47 bits per heavy atom. The Morgan fingerprint density at radius 2 is 2.12 bits per heavy atom. The zero-order valence-corrected chi connectivity index (χ0v) is 10.1. The van der Waals surface area contributed by atoms with Gasteiger partial charge in [0.15, 0.2) is 0 Å². The minimum atomic E-state index is -0.917. The number of rotatable bonds is 2. The van der Waals surface area contributed by atoms with Crippen molar-refractivity contribution < 1.29 is 14.7 Å². The van der Waals surface area contributed by atoms with Crippen molar-refractivity contribution in [1.82, 2.24) is 9.78 Å². The van der Waals surface area contributed by atoms with Gasteiger partial charge in [-0.05, 0) is 13.8 Å². The maximum Gasteiger partial charge on any atom is 0.308 e. The second-order valence-electron chi connectivity index (χ2n) is 4.39. The van der Waals surface area contributed by atoms with Gasteiger partial charge >= 0.3 is 5.97 Å². The summed E-state index contributed by atoms with van der Waals surface area (Å²) in [6.45, 7) is 3.93. The van der Waals surface area contributed by atoms with Gasteiger partial charge in [0.2, 0.25) is 5.91 Å². The van der Waals surface area contributed by atoms with Crippen LogP contribution in [0.15, 0.2) is 0 Å². The third kappa shape index (κ3) is 1.79. The van der Waals surface area contributed by atoms with Crippen LogP contribution in [-0.2, 0) is 16.6 Å². The maximum atomic E-state index is 11.8. The molecular weight excluding hydrogens is 222 g/mol. The van der Waals surface area contributed by atoms with Crippen LogP contribution in [0.1, 0.15) is 17.8 Å². The van der Waals surface area contributed by atoms with Crippen LogP contribution in [0.5, 0.6) is 0 Å². The number of hydrogen-bond donors (Lipinski definition) is 1. The molecule has 17 heavy (non-hydrogen) atoms. The number of carboxylic acids is 1. The lowest BCUT2D eigenvalue weighted by atomic mass is 10.1. The van der Waals surface area contributed by atoms with Crippen molar-refractivity contribution in [2.24, 2.45) is 13.0 Å². The minimum Gasteiger partial charge on any atom is -0.481 e.